The molecule has 2 heterocycles. The Balaban J connectivity index is 1.85. The summed E-state index contributed by atoms with van der Waals surface area (Å²) in [6.45, 7) is 6.81. The summed E-state index contributed by atoms with van der Waals surface area (Å²) in [4.78, 5) is 20.1. The first-order valence-corrected chi connectivity index (χ1v) is 9.28. The number of piperazine rings is 1. The fourth-order valence-electron chi connectivity index (χ4n) is 3.05. The van der Waals surface area contributed by atoms with Gasteiger partial charge in [-0.25, -0.2) is 4.79 Å². The smallest absolute Gasteiger partial charge is 0.410 e. The lowest BCUT2D eigenvalue weighted by atomic mass is 10.1. The number of ether oxygens (including phenoxy) is 2. The number of hydrogen-bond donors (Lipinski definition) is 1. The molecular weight excluding hydrogens is 348 g/mol. The molecule has 2 atom stereocenters. The van der Waals surface area contributed by atoms with E-state index in [-0.39, 0.29) is 12.2 Å². The van der Waals surface area contributed by atoms with E-state index in [1.54, 1.807) is 11.0 Å². The number of methoxy groups -OCH3 is 1. The van der Waals surface area contributed by atoms with Crippen LogP contribution in [-0.4, -0.2) is 71.9 Å². The van der Waals surface area contributed by atoms with E-state index in [4.69, 9.17) is 14.7 Å². The van der Waals surface area contributed by atoms with Crippen LogP contribution >= 0.6 is 0 Å². The van der Waals surface area contributed by atoms with Crippen LogP contribution in [0.3, 0.4) is 0 Å². The highest BCUT2D eigenvalue weighted by atomic mass is 16.6. The van der Waals surface area contributed by atoms with Crippen molar-refractivity contribution in [2.45, 2.75) is 38.9 Å². The number of rotatable bonds is 7. The second kappa shape index (κ2) is 10.1. The number of aliphatic hydroxyl groups excluding tert-OH is 1. The molecule has 8 heteroatoms. The average molecular weight is 376 g/mol. The van der Waals surface area contributed by atoms with Gasteiger partial charge in [0.15, 0.2) is 0 Å². The minimum absolute atomic E-state index is 0.0696. The summed E-state index contributed by atoms with van der Waals surface area (Å²) in [5, 5.41) is 19.5. The van der Waals surface area contributed by atoms with Gasteiger partial charge >= 0.3 is 6.09 Å². The van der Waals surface area contributed by atoms with Gasteiger partial charge in [0.2, 0.25) is 0 Å². The van der Waals surface area contributed by atoms with Crippen molar-refractivity contribution < 1.29 is 19.4 Å². The largest absolute Gasteiger partial charge is 0.495 e. The normalized spacial score (nSPS) is 17.1. The van der Waals surface area contributed by atoms with Gasteiger partial charge in [-0.05, 0) is 13.3 Å². The molecule has 1 saturated heterocycles. The molecule has 0 spiro atoms. The second-order valence-electron chi connectivity index (χ2n) is 6.71. The Bertz CT molecular complexity index is 668. The predicted molar refractivity (Wildman–Crippen MR) is 99.3 cm³/mol. The second-order valence-corrected chi connectivity index (χ2v) is 6.71. The van der Waals surface area contributed by atoms with E-state index >= 15 is 0 Å². The molecule has 8 nitrogen and oxygen atoms in total. The van der Waals surface area contributed by atoms with Crippen LogP contribution in [0.1, 0.15) is 44.1 Å². The van der Waals surface area contributed by atoms with Crippen molar-refractivity contribution in [3.63, 3.8) is 0 Å². The zero-order chi connectivity index (χ0) is 19.8. The van der Waals surface area contributed by atoms with Crippen LogP contribution in [0.15, 0.2) is 12.3 Å². The van der Waals surface area contributed by atoms with Crippen molar-refractivity contribution in [2.24, 2.45) is 0 Å². The Morgan fingerprint density at radius 3 is 2.70 bits per heavy atom. The molecule has 1 N–H and O–H groups in total. The quantitative estimate of drug-likeness (QED) is 0.776. The molecule has 0 bridgehead atoms. The van der Waals surface area contributed by atoms with Gasteiger partial charge in [0, 0.05) is 45.0 Å². The Morgan fingerprint density at radius 1 is 1.41 bits per heavy atom. The summed E-state index contributed by atoms with van der Waals surface area (Å²) in [7, 11) is 1.48. The number of pyridine rings is 1. The van der Waals surface area contributed by atoms with E-state index in [0.29, 0.717) is 49.7 Å². The number of carbonyl (C=O) groups is 1. The molecule has 27 heavy (non-hydrogen) atoms. The van der Waals surface area contributed by atoms with Crippen molar-refractivity contribution in [3.05, 3.63) is 23.5 Å². The van der Waals surface area contributed by atoms with Crippen LogP contribution in [0.4, 0.5) is 4.79 Å². The molecular formula is C19H28N4O4. The zero-order valence-corrected chi connectivity index (χ0v) is 16.2. The van der Waals surface area contributed by atoms with Crippen molar-refractivity contribution in [3.8, 4) is 11.8 Å². The van der Waals surface area contributed by atoms with Gasteiger partial charge in [0.25, 0.3) is 0 Å². The van der Waals surface area contributed by atoms with E-state index in [0.717, 1.165) is 12.8 Å². The van der Waals surface area contributed by atoms with Crippen LogP contribution in [0, 0.1) is 11.3 Å². The molecule has 1 aromatic rings. The van der Waals surface area contributed by atoms with Crippen molar-refractivity contribution >= 4 is 6.09 Å². The number of β-amino-alcohol motifs (C(OH)–C–C–N with tert-alkyl or cyclic N) is 1. The number of carbonyl (C=O) groups excluding carboxylic acids is 1. The Kier molecular flexibility index (Phi) is 7.82. The fraction of sp³-hybridized carbons (Fsp3) is 0.632. The molecule has 1 aliphatic heterocycles. The Morgan fingerprint density at radius 2 is 2.11 bits per heavy atom. The topological polar surface area (TPSA) is 98.9 Å². The summed E-state index contributed by atoms with van der Waals surface area (Å²) in [6, 6.07) is 3.59. The molecule has 1 amide bonds. The SMILES string of the molecule is CCCC(C)OC(=O)N1CCN(CC(O)c2cc(OC)c(C#N)cn2)CC1. The number of aliphatic hydroxyl groups is 1. The van der Waals surface area contributed by atoms with Gasteiger partial charge in [-0.15, -0.1) is 0 Å². The van der Waals surface area contributed by atoms with E-state index in [2.05, 4.69) is 16.8 Å². The highest BCUT2D eigenvalue weighted by Crippen LogP contribution is 2.22. The summed E-state index contributed by atoms with van der Waals surface area (Å²) in [6.07, 6.45) is 2.11. The predicted octanol–water partition coefficient (Wildman–Crippen LogP) is 1.94. The van der Waals surface area contributed by atoms with Gasteiger partial charge in [-0.1, -0.05) is 13.3 Å². The molecule has 0 aromatic carbocycles. The number of nitriles is 1. The summed E-state index contributed by atoms with van der Waals surface area (Å²) in [5.41, 5.74) is 0.791. The number of hydrogen-bond acceptors (Lipinski definition) is 7. The van der Waals surface area contributed by atoms with Gasteiger partial charge in [0.1, 0.15) is 29.6 Å². The molecule has 0 aliphatic carbocycles. The molecule has 148 valence electrons. The van der Waals surface area contributed by atoms with Crippen molar-refractivity contribution in [1.29, 1.82) is 5.26 Å². The van der Waals surface area contributed by atoms with Crippen molar-refractivity contribution in [2.75, 3.05) is 39.8 Å². The van der Waals surface area contributed by atoms with Gasteiger partial charge in [-0.2, -0.15) is 5.26 Å². The van der Waals surface area contributed by atoms with Gasteiger partial charge in [-0.3, -0.25) is 9.88 Å². The average Bonchev–Trinajstić information content (AvgIpc) is 2.68. The molecule has 2 rings (SSSR count). The Labute approximate surface area is 160 Å². The van der Waals surface area contributed by atoms with Crippen LogP contribution in [0.5, 0.6) is 5.75 Å². The molecule has 0 radical (unpaired) electrons. The minimum Gasteiger partial charge on any atom is -0.495 e. The summed E-state index contributed by atoms with van der Waals surface area (Å²) in [5.74, 6) is 0.398. The maximum Gasteiger partial charge on any atom is 0.410 e. The van der Waals surface area contributed by atoms with E-state index in [1.807, 2.05) is 13.0 Å². The maximum absolute atomic E-state index is 12.2. The number of amides is 1. The lowest BCUT2D eigenvalue weighted by Crippen LogP contribution is -2.50. The lowest BCUT2D eigenvalue weighted by molar-refractivity contribution is 0.0379. The summed E-state index contributed by atoms with van der Waals surface area (Å²) >= 11 is 0. The Hall–Kier alpha value is -2.37. The fourth-order valence-corrected chi connectivity index (χ4v) is 3.05. The molecule has 1 aromatic heterocycles. The van der Waals surface area contributed by atoms with Crippen LogP contribution < -0.4 is 4.74 Å². The first-order chi connectivity index (χ1) is 13.0. The third-order valence-electron chi connectivity index (χ3n) is 4.63. The van der Waals surface area contributed by atoms with Gasteiger partial charge in [0.05, 0.1) is 12.8 Å². The third-order valence-corrected chi connectivity index (χ3v) is 4.63. The first kappa shape index (κ1) is 20.9. The summed E-state index contributed by atoms with van der Waals surface area (Å²) < 4.78 is 10.6. The monoisotopic (exact) mass is 376 g/mol. The van der Waals surface area contributed by atoms with E-state index in [1.165, 1.54) is 13.3 Å². The van der Waals surface area contributed by atoms with Crippen LogP contribution in [-0.2, 0) is 4.74 Å². The van der Waals surface area contributed by atoms with Crippen LogP contribution in [0.25, 0.3) is 0 Å². The van der Waals surface area contributed by atoms with E-state index < -0.39 is 6.10 Å². The third kappa shape index (κ3) is 5.81. The number of nitrogens with zero attached hydrogens (tertiary/aromatic N) is 4. The van der Waals surface area contributed by atoms with Gasteiger partial charge < -0.3 is 19.5 Å². The number of aromatic nitrogens is 1. The van der Waals surface area contributed by atoms with Crippen LogP contribution in [0.2, 0.25) is 0 Å². The first-order valence-electron chi connectivity index (χ1n) is 9.28. The highest BCUT2D eigenvalue weighted by molar-refractivity contribution is 5.67. The highest BCUT2D eigenvalue weighted by Gasteiger charge is 2.25. The lowest BCUT2D eigenvalue weighted by Gasteiger charge is -2.35. The molecule has 0 saturated carbocycles. The standard InChI is InChI=1S/C19H28N4O4/c1-4-5-14(2)27-19(25)23-8-6-22(7-9-23)13-17(24)16-10-18(26-3)15(11-20)12-21-16/h10,12,14,17,24H,4-9,13H2,1-3H3. The van der Waals surface area contributed by atoms with Crippen molar-refractivity contribution in [1.82, 2.24) is 14.8 Å². The molecule has 1 fully saturated rings. The minimum atomic E-state index is -0.797. The van der Waals surface area contributed by atoms with E-state index in [9.17, 15) is 9.90 Å². The molecule has 1 aliphatic rings. The zero-order valence-electron chi connectivity index (χ0n) is 16.2. The maximum atomic E-state index is 12.2. The molecule has 2 unspecified atom stereocenters.